The Kier molecular flexibility index (Phi) is 35.0. The number of benzene rings is 1. The Morgan fingerprint density at radius 2 is 1.00 bits per heavy atom. The van der Waals surface area contributed by atoms with Crippen LogP contribution in [0.3, 0.4) is 0 Å². The average molecular weight is 533 g/mol. The van der Waals surface area contributed by atoms with Crippen molar-refractivity contribution in [1.82, 2.24) is 9.80 Å². The Labute approximate surface area is 354 Å². The standard InChI is InChI=1S/C19H27N2O6.4K/c1-2-20(10-7-17(22)23)13-15-5-3-4-6-16(15)14-21(11-8-18(24)25)12-9-19(26)27;;;;/h3-6H,1-2,7-14H2,(H,22,23)(H,24,25)(H,26,27);;;;/q-1;4*+1/p-3. The molecular weight excluding hydrogens is 509 g/mol. The van der Waals surface area contributed by atoms with Crippen molar-refractivity contribution in [2.75, 3.05) is 26.2 Å². The van der Waals surface area contributed by atoms with Crippen LogP contribution in [0.15, 0.2) is 24.3 Å². The minimum absolute atomic E-state index is 0. The fourth-order valence-corrected chi connectivity index (χ4v) is 2.64. The number of carbonyl (C=O) groups is 3. The quantitative estimate of drug-likeness (QED) is 0.171. The first kappa shape index (κ1) is 42.2. The van der Waals surface area contributed by atoms with Gasteiger partial charge in [0.2, 0.25) is 0 Å². The largest absolute Gasteiger partial charge is 1.00 e. The van der Waals surface area contributed by atoms with Crippen molar-refractivity contribution < 1.29 is 235 Å². The van der Waals surface area contributed by atoms with Crippen LogP contribution in [0.4, 0.5) is 0 Å². The van der Waals surface area contributed by atoms with Crippen LogP contribution in [0.25, 0.3) is 0 Å². The molecule has 1 aromatic rings. The summed E-state index contributed by atoms with van der Waals surface area (Å²) < 4.78 is 0. The molecule has 0 bridgehead atoms. The summed E-state index contributed by atoms with van der Waals surface area (Å²) in [7, 11) is 0. The molecule has 0 spiro atoms. The van der Waals surface area contributed by atoms with E-state index < -0.39 is 17.9 Å². The molecule has 0 saturated heterocycles. The van der Waals surface area contributed by atoms with Gasteiger partial charge in [-0.15, -0.1) is 6.54 Å². The van der Waals surface area contributed by atoms with Gasteiger partial charge >= 0.3 is 206 Å². The summed E-state index contributed by atoms with van der Waals surface area (Å²) in [5.74, 6) is -3.53. The van der Waals surface area contributed by atoms with E-state index in [0.29, 0.717) is 26.2 Å². The van der Waals surface area contributed by atoms with Gasteiger partial charge in [0.15, 0.2) is 0 Å². The first-order valence-electron chi connectivity index (χ1n) is 8.72. The number of nitrogens with zero attached hydrogens (tertiary/aromatic N) is 2. The molecule has 0 aromatic heterocycles. The van der Waals surface area contributed by atoms with Gasteiger partial charge in [-0.1, -0.05) is 24.3 Å². The SMILES string of the molecule is [CH2-]CN(CCC(=O)[O-])Cc1ccccc1CN(CCC(=O)[O-])CCC(=O)[O-].[K+].[K+].[K+].[K+]. The van der Waals surface area contributed by atoms with Crippen LogP contribution in [0.5, 0.6) is 0 Å². The molecule has 0 saturated carbocycles. The van der Waals surface area contributed by atoms with Gasteiger partial charge in [0.25, 0.3) is 0 Å². The maximum atomic E-state index is 10.7. The molecule has 0 fully saturated rings. The first-order chi connectivity index (χ1) is 12.8. The van der Waals surface area contributed by atoms with E-state index in [-0.39, 0.29) is 238 Å². The van der Waals surface area contributed by atoms with Crippen molar-refractivity contribution in [1.29, 1.82) is 0 Å². The summed E-state index contributed by atoms with van der Waals surface area (Å²) in [5.41, 5.74) is 1.84. The molecule has 0 atom stereocenters. The maximum absolute atomic E-state index is 10.7. The number of carboxylic acids is 3. The van der Waals surface area contributed by atoms with Crippen LogP contribution >= 0.6 is 0 Å². The Balaban J connectivity index is -0.000000911. The van der Waals surface area contributed by atoms with Gasteiger partial charge in [0.05, 0.1) is 0 Å². The third kappa shape index (κ3) is 21.8. The monoisotopic (exact) mass is 532 g/mol. The van der Waals surface area contributed by atoms with Gasteiger partial charge in [-0.3, -0.25) is 4.90 Å². The van der Waals surface area contributed by atoms with Crippen molar-refractivity contribution >= 4 is 17.9 Å². The van der Waals surface area contributed by atoms with Gasteiger partial charge in [-0.2, -0.15) is 0 Å². The Morgan fingerprint density at radius 3 is 1.32 bits per heavy atom. The molecule has 0 amide bonds. The normalized spacial score (nSPS) is 9.65. The number of rotatable bonds is 14. The molecule has 12 heteroatoms. The van der Waals surface area contributed by atoms with Crippen LogP contribution in [0.2, 0.25) is 0 Å². The van der Waals surface area contributed by atoms with Gasteiger partial charge < -0.3 is 41.5 Å². The van der Waals surface area contributed by atoms with Crippen LogP contribution in [0.1, 0.15) is 30.4 Å². The second-order valence-corrected chi connectivity index (χ2v) is 6.19. The molecule has 1 aromatic carbocycles. The van der Waals surface area contributed by atoms with Crippen molar-refractivity contribution in [3.05, 3.63) is 42.3 Å². The molecule has 0 aliphatic heterocycles. The van der Waals surface area contributed by atoms with Crippen LogP contribution in [0, 0.1) is 6.92 Å². The van der Waals surface area contributed by atoms with E-state index in [9.17, 15) is 29.7 Å². The topological polar surface area (TPSA) is 127 Å². The Bertz CT molecular complexity index is 634. The fraction of sp³-hybridized carbons (Fsp3) is 0.474. The molecule has 0 heterocycles. The minimum atomic E-state index is -1.20. The second kappa shape index (κ2) is 25.7. The zero-order valence-electron chi connectivity index (χ0n) is 19.2. The molecule has 0 radical (unpaired) electrons. The van der Waals surface area contributed by atoms with Crippen molar-refractivity contribution in [2.24, 2.45) is 0 Å². The second-order valence-electron chi connectivity index (χ2n) is 6.19. The Hall–Kier alpha value is 4.10. The first-order valence-corrected chi connectivity index (χ1v) is 8.72. The summed E-state index contributed by atoms with van der Waals surface area (Å²) in [5, 5.41) is 32.1. The van der Waals surface area contributed by atoms with E-state index in [1.807, 2.05) is 29.2 Å². The summed E-state index contributed by atoms with van der Waals surface area (Å²) >= 11 is 0. The van der Waals surface area contributed by atoms with Crippen molar-refractivity contribution in [3.8, 4) is 0 Å². The molecule has 0 aliphatic carbocycles. The summed E-state index contributed by atoms with van der Waals surface area (Å²) in [6, 6.07) is 7.46. The average Bonchev–Trinajstić information content (AvgIpc) is 2.61. The molecule has 1 rings (SSSR count). The summed E-state index contributed by atoms with van der Waals surface area (Å²) in [6.07, 6.45) is -0.501. The van der Waals surface area contributed by atoms with E-state index in [4.69, 9.17) is 0 Å². The van der Waals surface area contributed by atoms with Crippen LogP contribution in [-0.4, -0.2) is 53.9 Å². The van der Waals surface area contributed by atoms with Gasteiger partial charge in [0.1, 0.15) is 0 Å². The number of aliphatic carboxylic acids is 3. The molecule has 31 heavy (non-hydrogen) atoms. The molecule has 0 aliphatic rings. The third-order valence-electron chi connectivity index (χ3n) is 4.12. The number of hydrogen-bond acceptors (Lipinski definition) is 8. The predicted octanol–water partition coefficient (Wildman–Crippen LogP) is -14.4. The number of carbonyl (C=O) groups excluding carboxylic acids is 3. The molecule has 0 unspecified atom stereocenters. The third-order valence-corrected chi connectivity index (χ3v) is 4.12. The van der Waals surface area contributed by atoms with Crippen molar-refractivity contribution in [3.63, 3.8) is 0 Å². The zero-order valence-corrected chi connectivity index (χ0v) is 31.7. The van der Waals surface area contributed by atoms with Crippen LogP contribution < -0.4 is 221 Å². The Morgan fingerprint density at radius 1 is 0.677 bits per heavy atom. The smallest absolute Gasteiger partial charge is 0.550 e. The van der Waals surface area contributed by atoms with E-state index in [2.05, 4.69) is 6.92 Å². The minimum Gasteiger partial charge on any atom is -0.550 e. The molecule has 0 N–H and O–H groups in total. The molecular formula is C19H24K4N2O6. The fourth-order valence-electron chi connectivity index (χ4n) is 2.64. The van der Waals surface area contributed by atoms with E-state index >= 15 is 0 Å². The van der Waals surface area contributed by atoms with Gasteiger partial charge in [-0.05, 0) is 30.4 Å². The predicted molar refractivity (Wildman–Crippen MR) is 91.2 cm³/mol. The van der Waals surface area contributed by atoms with E-state index in [0.717, 1.165) is 11.1 Å². The van der Waals surface area contributed by atoms with Crippen LogP contribution in [-0.2, 0) is 27.5 Å². The molecule has 150 valence electrons. The summed E-state index contributed by atoms with van der Waals surface area (Å²) in [6.45, 7) is 5.69. The summed E-state index contributed by atoms with van der Waals surface area (Å²) in [4.78, 5) is 35.7. The van der Waals surface area contributed by atoms with Gasteiger partial charge in [-0.25, -0.2) is 0 Å². The number of carboxylic acid groups (broad SMARTS) is 3. The zero-order chi connectivity index (χ0) is 20.2. The van der Waals surface area contributed by atoms with Crippen molar-refractivity contribution in [2.45, 2.75) is 32.4 Å². The van der Waals surface area contributed by atoms with E-state index in [1.54, 1.807) is 4.90 Å². The maximum Gasteiger partial charge on any atom is 1.00 e. The number of hydrogen-bond donors (Lipinski definition) is 0. The van der Waals surface area contributed by atoms with Gasteiger partial charge in [0, 0.05) is 50.6 Å². The molecule has 8 nitrogen and oxygen atoms in total. The van der Waals surface area contributed by atoms with E-state index in [1.165, 1.54) is 0 Å².